The molecule has 0 atom stereocenters. The Bertz CT molecular complexity index is 1230. The zero-order valence-corrected chi connectivity index (χ0v) is 27.2. The van der Waals surface area contributed by atoms with E-state index in [4.69, 9.17) is 28.7 Å². The second-order valence-corrected chi connectivity index (χ2v) is 12.3. The van der Waals surface area contributed by atoms with Gasteiger partial charge in [-0.05, 0) is 23.0 Å². The number of carbonyl (C=O) groups excluding carboxylic acids is 2. The lowest BCUT2D eigenvalue weighted by atomic mass is 9.86. The number of esters is 2. The smallest absolute Gasteiger partial charge is 0.331 e. The molecule has 0 aliphatic carbocycles. The topological polar surface area (TPSA) is 95.9 Å². The second-order valence-electron chi connectivity index (χ2n) is 12.3. The molecule has 0 spiro atoms. The van der Waals surface area contributed by atoms with Gasteiger partial charge in [0.2, 0.25) is 5.92 Å². The minimum Gasteiger partial charge on any atom is -0.496 e. The minimum atomic E-state index is -1.39. The monoisotopic (exact) mass is 596 g/mol. The molecule has 2 aromatic carbocycles. The fraction of sp³-hybridized carbons (Fsp3) is 0.559. The van der Waals surface area contributed by atoms with Gasteiger partial charge in [0.05, 0.1) is 21.3 Å². The predicted molar refractivity (Wildman–Crippen MR) is 167 cm³/mol. The van der Waals surface area contributed by atoms with Gasteiger partial charge in [-0.3, -0.25) is 9.59 Å². The predicted octanol–water partition coefficient (Wildman–Crippen LogP) is 6.96. The van der Waals surface area contributed by atoms with Crippen molar-refractivity contribution < 1.29 is 33.3 Å². The van der Waals surface area contributed by atoms with Gasteiger partial charge >= 0.3 is 11.9 Å². The summed E-state index contributed by atoms with van der Waals surface area (Å²) in [6.07, 6.45) is 5.22. The molecule has 43 heavy (non-hydrogen) atoms. The van der Waals surface area contributed by atoms with E-state index in [9.17, 15) is 9.59 Å². The van der Waals surface area contributed by atoms with E-state index in [1.807, 2.05) is 4.90 Å². The zero-order chi connectivity index (χ0) is 31.8. The van der Waals surface area contributed by atoms with E-state index >= 15 is 0 Å². The molecule has 1 fully saturated rings. The molecule has 1 aliphatic heterocycles. The van der Waals surface area contributed by atoms with Gasteiger partial charge in [-0.1, -0.05) is 77.6 Å². The van der Waals surface area contributed by atoms with Crippen LogP contribution >= 0.6 is 0 Å². The van der Waals surface area contributed by atoms with Gasteiger partial charge in [0.15, 0.2) is 11.5 Å². The molecule has 0 bridgehead atoms. The quantitative estimate of drug-likeness (QED) is 0.0805. The highest BCUT2D eigenvalue weighted by Crippen LogP contribution is 2.42. The Labute approximate surface area is 256 Å². The van der Waals surface area contributed by atoms with Crippen molar-refractivity contribution in [1.29, 1.82) is 0 Å². The fourth-order valence-electron chi connectivity index (χ4n) is 4.97. The van der Waals surface area contributed by atoms with Crippen LogP contribution < -0.4 is 14.2 Å². The van der Waals surface area contributed by atoms with Crippen molar-refractivity contribution in [1.82, 2.24) is 4.90 Å². The molecule has 236 valence electrons. The number of hydrogen-bond acceptors (Lipinski definition) is 8. The molecule has 3 rings (SSSR count). The van der Waals surface area contributed by atoms with E-state index in [0.29, 0.717) is 36.0 Å². The third kappa shape index (κ3) is 8.88. The van der Waals surface area contributed by atoms with Gasteiger partial charge in [0.25, 0.3) is 5.79 Å². The summed E-state index contributed by atoms with van der Waals surface area (Å²) in [7, 11) is 4.57. The molecule has 2 aromatic rings. The molecular formula is C34H48N2O7. The average molecular weight is 597 g/mol. The van der Waals surface area contributed by atoms with Crippen LogP contribution in [0.2, 0.25) is 0 Å². The van der Waals surface area contributed by atoms with E-state index < -0.39 is 23.6 Å². The SMILES string of the molecule is CCCCCCCN(Cc1ccc(C(C)(C)C)cc1)C(=Nc1c(OC)cc(OC)cc1OC)C1C(=O)OC(C)(C)OC1=O. The summed E-state index contributed by atoms with van der Waals surface area (Å²) in [4.78, 5) is 33.9. The Morgan fingerprint density at radius 3 is 1.93 bits per heavy atom. The Hall–Kier alpha value is -3.75. The van der Waals surface area contributed by atoms with Crippen molar-refractivity contribution in [2.45, 2.75) is 91.4 Å². The van der Waals surface area contributed by atoms with Crippen molar-refractivity contribution in [3.8, 4) is 17.2 Å². The van der Waals surface area contributed by atoms with Crippen molar-refractivity contribution in [3.63, 3.8) is 0 Å². The molecule has 0 radical (unpaired) electrons. The van der Waals surface area contributed by atoms with Crippen LogP contribution in [0.15, 0.2) is 41.4 Å². The number of benzene rings is 2. The lowest BCUT2D eigenvalue weighted by molar-refractivity contribution is -0.236. The Balaban J connectivity index is 2.18. The van der Waals surface area contributed by atoms with Crippen LogP contribution in [0.3, 0.4) is 0 Å². The summed E-state index contributed by atoms with van der Waals surface area (Å²) in [5.74, 6) is -2.75. The van der Waals surface area contributed by atoms with Gasteiger partial charge in [-0.25, -0.2) is 4.99 Å². The number of hydrogen-bond donors (Lipinski definition) is 0. The van der Waals surface area contributed by atoms with Crippen LogP contribution in [0.5, 0.6) is 17.2 Å². The van der Waals surface area contributed by atoms with E-state index in [1.165, 1.54) is 33.6 Å². The van der Waals surface area contributed by atoms with Crippen LogP contribution in [0.25, 0.3) is 0 Å². The maximum absolute atomic E-state index is 13.5. The number of nitrogens with zero attached hydrogens (tertiary/aromatic N) is 2. The van der Waals surface area contributed by atoms with E-state index in [1.54, 1.807) is 19.2 Å². The molecule has 1 aliphatic rings. The maximum Gasteiger partial charge on any atom is 0.331 e. The van der Waals surface area contributed by atoms with Crippen LogP contribution in [-0.4, -0.2) is 56.3 Å². The highest BCUT2D eigenvalue weighted by molar-refractivity contribution is 6.17. The lowest BCUT2D eigenvalue weighted by Gasteiger charge is -2.36. The summed E-state index contributed by atoms with van der Waals surface area (Å²) >= 11 is 0. The first-order valence-electron chi connectivity index (χ1n) is 15.0. The van der Waals surface area contributed by atoms with Gasteiger partial charge in [0, 0.05) is 39.1 Å². The average Bonchev–Trinajstić information content (AvgIpc) is 2.94. The van der Waals surface area contributed by atoms with Crippen LogP contribution in [0.1, 0.15) is 84.8 Å². The summed E-state index contributed by atoms with van der Waals surface area (Å²) in [5.41, 5.74) is 2.56. The van der Waals surface area contributed by atoms with Gasteiger partial charge in [-0.2, -0.15) is 0 Å². The summed E-state index contributed by atoms with van der Waals surface area (Å²) < 4.78 is 27.9. The summed E-state index contributed by atoms with van der Waals surface area (Å²) in [6, 6.07) is 11.8. The summed E-state index contributed by atoms with van der Waals surface area (Å²) in [6.45, 7) is 12.7. The normalized spacial score (nSPS) is 15.5. The summed E-state index contributed by atoms with van der Waals surface area (Å²) in [5, 5.41) is 0. The molecule has 0 aromatic heterocycles. The highest BCUT2D eigenvalue weighted by atomic mass is 16.7. The number of ether oxygens (including phenoxy) is 5. The molecule has 0 unspecified atom stereocenters. The number of methoxy groups -OCH3 is 3. The largest absolute Gasteiger partial charge is 0.496 e. The molecule has 1 heterocycles. The first-order valence-corrected chi connectivity index (χ1v) is 15.0. The Kier molecular flexibility index (Phi) is 11.5. The number of cyclic esters (lactones) is 2. The molecule has 9 nitrogen and oxygen atoms in total. The Morgan fingerprint density at radius 2 is 1.44 bits per heavy atom. The van der Waals surface area contributed by atoms with Crippen molar-refractivity contribution in [2.24, 2.45) is 10.9 Å². The van der Waals surface area contributed by atoms with E-state index in [0.717, 1.165) is 37.7 Å². The van der Waals surface area contributed by atoms with Gasteiger partial charge < -0.3 is 28.6 Å². The number of carbonyl (C=O) groups is 2. The second kappa shape index (κ2) is 14.6. The third-order valence-corrected chi connectivity index (χ3v) is 7.39. The first-order chi connectivity index (χ1) is 20.3. The number of amidine groups is 1. The van der Waals surface area contributed by atoms with E-state index in [-0.39, 0.29) is 11.3 Å². The van der Waals surface area contributed by atoms with Crippen LogP contribution in [0, 0.1) is 5.92 Å². The van der Waals surface area contributed by atoms with Gasteiger partial charge in [0.1, 0.15) is 17.3 Å². The molecular weight excluding hydrogens is 548 g/mol. The first kappa shape index (κ1) is 33.7. The molecule has 0 N–H and O–H groups in total. The van der Waals surface area contributed by atoms with Crippen molar-refractivity contribution >= 4 is 23.5 Å². The lowest BCUT2D eigenvalue weighted by Crippen LogP contribution is -2.52. The number of rotatable bonds is 13. The zero-order valence-electron chi connectivity index (χ0n) is 27.2. The molecule has 0 saturated carbocycles. The number of aliphatic imine (C=N–C) groups is 1. The van der Waals surface area contributed by atoms with Crippen LogP contribution in [-0.2, 0) is 31.0 Å². The Morgan fingerprint density at radius 1 is 0.884 bits per heavy atom. The molecule has 9 heteroatoms. The molecule has 1 saturated heterocycles. The fourth-order valence-corrected chi connectivity index (χ4v) is 4.97. The third-order valence-electron chi connectivity index (χ3n) is 7.39. The van der Waals surface area contributed by atoms with Crippen LogP contribution in [0.4, 0.5) is 5.69 Å². The van der Waals surface area contributed by atoms with Gasteiger partial charge in [-0.15, -0.1) is 0 Å². The van der Waals surface area contributed by atoms with Crippen molar-refractivity contribution in [2.75, 3.05) is 27.9 Å². The standard InChI is InChI=1S/C34H48N2O7/c1-10-11-12-13-14-19-36(22-23-15-17-24(18-16-23)33(2,3)4)30(28-31(37)42-34(5,6)43-32(28)38)35-29-26(40-8)20-25(39-7)21-27(29)41-9/h15-18,20-21,28H,10-14,19,22H2,1-9H3. The minimum absolute atomic E-state index is 0.00794. The highest BCUT2D eigenvalue weighted by Gasteiger charge is 2.47. The number of unbranched alkanes of at least 4 members (excludes halogenated alkanes) is 4. The van der Waals surface area contributed by atoms with E-state index in [2.05, 4.69) is 52.0 Å². The van der Waals surface area contributed by atoms with Crippen molar-refractivity contribution in [3.05, 3.63) is 47.5 Å². The maximum atomic E-state index is 13.5. The molecule has 0 amide bonds.